The third-order valence-electron chi connectivity index (χ3n) is 3.81. The van der Waals surface area contributed by atoms with Crippen molar-refractivity contribution >= 4 is 0 Å². The van der Waals surface area contributed by atoms with Crippen molar-refractivity contribution in [2.75, 3.05) is 19.8 Å². The van der Waals surface area contributed by atoms with E-state index in [0.717, 1.165) is 19.3 Å². The van der Waals surface area contributed by atoms with Gasteiger partial charge in [-0.05, 0) is 25.2 Å². The van der Waals surface area contributed by atoms with E-state index in [2.05, 4.69) is 13.8 Å². The second-order valence-electron chi connectivity index (χ2n) is 5.90. The predicted molar refractivity (Wildman–Crippen MR) is 83.1 cm³/mol. The van der Waals surface area contributed by atoms with Crippen molar-refractivity contribution in [3.8, 4) is 0 Å². The van der Waals surface area contributed by atoms with Crippen LogP contribution in [-0.4, -0.2) is 58.6 Å². The van der Waals surface area contributed by atoms with Gasteiger partial charge in [0.15, 0.2) is 0 Å². The van der Waals surface area contributed by atoms with Crippen LogP contribution in [0.25, 0.3) is 0 Å². The molecule has 0 heterocycles. The van der Waals surface area contributed by atoms with Gasteiger partial charge in [0, 0.05) is 6.61 Å². The van der Waals surface area contributed by atoms with Gasteiger partial charge in [-0.15, -0.1) is 0 Å². The molecule has 0 amide bonds. The zero-order valence-electron chi connectivity index (χ0n) is 13.6. The maximum absolute atomic E-state index is 10.0. The van der Waals surface area contributed by atoms with Crippen LogP contribution in [0, 0.1) is 5.92 Å². The van der Waals surface area contributed by atoms with Gasteiger partial charge in [-0.3, -0.25) is 0 Å². The molecule has 4 unspecified atom stereocenters. The first-order chi connectivity index (χ1) is 10.0. The third kappa shape index (κ3) is 12.1. The maximum atomic E-state index is 10.0. The number of aliphatic hydroxyl groups is 4. The second kappa shape index (κ2) is 13.5. The lowest BCUT2D eigenvalue weighted by atomic mass is 9.91. The topological polar surface area (TPSA) is 90.2 Å². The van der Waals surface area contributed by atoms with E-state index in [1.807, 2.05) is 0 Å². The molecule has 0 aliphatic rings. The highest BCUT2D eigenvalue weighted by Crippen LogP contribution is 2.20. The molecule has 0 fully saturated rings. The quantitative estimate of drug-likeness (QED) is 0.365. The Labute approximate surface area is 129 Å². The highest BCUT2D eigenvalue weighted by atomic mass is 16.5. The monoisotopic (exact) mass is 306 g/mol. The minimum absolute atomic E-state index is 0.0701. The molecular formula is C16H34O5. The Kier molecular flexibility index (Phi) is 13.3. The van der Waals surface area contributed by atoms with Crippen LogP contribution in [0.4, 0.5) is 0 Å². The van der Waals surface area contributed by atoms with Crippen LogP contribution in [0.2, 0.25) is 0 Å². The van der Waals surface area contributed by atoms with E-state index in [1.54, 1.807) is 0 Å². The molecule has 0 rings (SSSR count). The molecule has 4 atom stereocenters. The lowest BCUT2D eigenvalue weighted by molar-refractivity contribution is -0.00929. The van der Waals surface area contributed by atoms with Gasteiger partial charge >= 0.3 is 0 Å². The molecule has 5 heteroatoms. The number of unbranched alkanes of at least 4 members (excludes halogenated alkanes) is 1. The van der Waals surface area contributed by atoms with E-state index < -0.39 is 18.3 Å². The van der Waals surface area contributed by atoms with Crippen LogP contribution in [0.5, 0.6) is 0 Å². The Morgan fingerprint density at radius 3 is 2.19 bits per heavy atom. The van der Waals surface area contributed by atoms with Crippen LogP contribution >= 0.6 is 0 Å². The van der Waals surface area contributed by atoms with Crippen LogP contribution < -0.4 is 0 Å². The summed E-state index contributed by atoms with van der Waals surface area (Å²) >= 11 is 0. The lowest BCUT2D eigenvalue weighted by Crippen LogP contribution is -2.23. The number of hydrogen-bond acceptors (Lipinski definition) is 5. The Morgan fingerprint density at radius 2 is 1.62 bits per heavy atom. The highest BCUT2D eigenvalue weighted by molar-refractivity contribution is 4.68. The molecule has 0 radical (unpaired) electrons. The van der Waals surface area contributed by atoms with Crippen LogP contribution in [0.1, 0.15) is 58.8 Å². The van der Waals surface area contributed by atoms with Crippen molar-refractivity contribution in [3.05, 3.63) is 0 Å². The van der Waals surface area contributed by atoms with E-state index in [9.17, 15) is 10.2 Å². The van der Waals surface area contributed by atoms with Gasteiger partial charge in [0.1, 0.15) is 6.10 Å². The van der Waals surface area contributed by atoms with Crippen molar-refractivity contribution in [1.82, 2.24) is 0 Å². The number of aliphatic hydroxyl groups excluding tert-OH is 4. The van der Waals surface area contributed by atoms with Gasteiger partial charge in [0.2, 0.25) is 0 Å². The molecule has 0 bridgehead atoms. The molecule has 0 aromatic heterocycles. The van der Waals surface area contributed by atoms with Crippen LogP contribution in [0.3, 0.4) is 0 Å². The van der Waals surface area contributed by atoms with Gasteiger partial charge in [-0.1, -0.05) is 39.5 Å². The van der Waals surface area contributed by atoms with Gasteiger partial charge < -0.3 is 25.2 Å². The molecular weight excluding hydrogens is 272 g/mol. The molecule has 0 saturated carbocycles. The summed E-state index contributed by atoms with van der Waals surface area (Å²) < 4.78 is 5.14. The minimum Gasteiger partial charge on any atom is -0.394 e. The number of hydrogen-bond donors (Lipinski definition) is 4. The average Bonchev–Trinajstić information content (AvgIpc) is 2.47. The highest BCUT2D eigenvalue weighted by Gasteiger charge is 2.16. The predicted octanol–water partition coefficient (Wildman–Crippen LogP) is 1.46. The fraction of sp³-hybridized carbons (Fsp3) is 1.00. The smallest absolute Gasteiger partial charge is 0.100 e. The second-order valence-corrected chi connectivity index (χ2v) is 5.90. The Hall–Kier alpha value is -0.200. The van der Waals surface area contributed by atoms with Gasteiger partial charge in [-0.25, -0.2) is 0 Å². The summed E-state index contributed by atoms with van der Waals surface area (Å²) in [5.41, 5.74) is 0. The van der Waals surface area contributed by atoms with Crippen molar-refractivity contribution in [1.29, 1.82) is 0 Å². The first kappa shape index (κ1) is 20.8. The molecule has 0 saturated heterocycles. The molecule has 5 nitrogen and oxygen atoms in total. The van der Waals surface area contributed by atoms with Crippen molar-refractivity contribution < 1.29 is 25.2 Å². The largest absolute Gasteiger partial charge is 0.394 e. The summed E-state index contributed by atoms with van der Waals surface area (Å²) in [4.78, 5) is 0. The summed E-state index contributed by atoms with van der Waals surface area (Å²) in [5.74, 6) is 0.531. The fourth-order valence-corrected chi connectivity index (χ4v) is 2.39. The first-order valence-electron chi connectivity index (χ1n) is 8.26. The molecule has 4 N–H and O–H groups in total. The van der Waals surface area contributed by atoms with Crippen molar-refractivity contribution in [2.45, 2.75) is 77.1 Å². The minimum atomic E-state index is -0.864. The molecule has 0 aromatic carbocycles. The van der Waals surface area contributed by atoms with E-state index in [0.29, 0.717) is 25.4 Å². The van der Waals surface area contributed by atoms with Crippen molar-refractivity contribution in [2.24, 2.45) is 5.92 Å². The lowest BCUT2D eigenvalue weighted by Gasteiger charge is -2.21. The Morgan fingerprint density at radius 1 is 0.905 bits per heavy atom. The SMILES string of the molecule is CCCCC(CC)CC(O)CC(O)CCOCC(O)CO. The molecule has 0 aliphatic heterocycles. The van der Waals surface area contributed by atoms with E-state index in [-0.39, 0.29) is 13.2 Å². The van der Waals surface area contributed by atoms with Crippen LogP contribution in [-0.2, 0) is 4.74 Å². The average molecular weight is 306 g/mol. The molecule has 0 aliphatic carbocycles. The zero-order chi connectivity index (χ0) is 16.1. The molecule has 21 heavy (non-hydrogen) atoms. The number of rotatable bonds is 14. The molecule has 0 spiro atoms. The summed E-state index contributed by atoms with van der Waals surface area (Å²) in [6.45, 7) is 4.38. The summed E-state index contributed by atoms with van der Waals surface area (Å²) in [7, 11) is 0. The van der Waals surface area contributed by atoms with Crippen LogP contribution in [0.15, 0.2) is 0 Å². The first-order valence-corrected chi connectivity index (χ1v) is 8.26. The number of ether oxygens (including phenoxy) is 1. The van der Waals surface area contributed by atoms with Gasteiger partial charge in [0.25, 0.3) is 0 Å². The standard InChI is InChI=1S/C16H34O5/c1-3-5-6-13(4-2)9-15(19)10-14(18)7-8-21-12-16(20)11-17/h13-20H,3-12H2,1-2H3. The fourth-order valence-electron chi connectivity index (χ4n) is 2.39. The molecule has 128 valence electrons. The maximum Gasteiger partial charge on any atom is 0.100 e. The Bertz CT molecular complexity index is 225. The normalized spacial score (nSPS) is 17.4. The summed E-state index contributed by atoms with van der Waals surface area (Å²) in [6, 6.07) is 0. The zero-order valence-corrected chi connectivity index (χ0v) is 13.6. The Balaban J connectivity index is 3.74. The van der Waals surface area contributed by atoms with E-state index in [4.69, 9.17) is 14.9 Å². The summed E-state index contributed by atoms with van der Waals surface area (Å²) in [6.07, 6.45) is 4.20. The molecule has 0 aromatic rings. The summed E-state index contributed by atoms with van der Waals surface area (Å²) in [5, 5.41) is 37.6. The van der Waals surface area contributed by atoms with Gasteiger partial charge in [-0.2, -0.15) is 0 Å². The third-order valence-corrected chi connectivity index (χ3v) is 3.81. The van der Waals surface area contributed by atoms with Gasteiger partial charge in [0.05, 0.1) is 25.4 Å². The van der Waals surface area contributed by atoms with Crippen molar-refractivity contribution in [3.63, 3.8) is 0 Å². The van der Waals surface area contributed by atoms with E-state index >= 15 is 0 Å². The van der Waals surface area contributed by atoms with E-state index in [1.165, 1.54) is 12.8 Å².